The van der Waals surface area contributed by atoms with Crippen LogP contribution < -0.4 is 0 Å². The van der Waals surface area contributed by atoms with Gasteiger partial charge in [0.2, 0.25) is 15.9 Å². The summed E-state index contributed by atoms with van der Waals surface area (Å²) in [5.41, 5.74) is 2.25. The number of thiophene rings is 1. The number of benzene rings is 2. The topological polar surface area (TPSA) is 70.6 Å². The number of fused-ring (bicyclic) bond motifs is 1. The molecule has 1 amide bonds. The van der Waals surface area contributed by atoms with Gasteiger partial charge in [0.1, 0.15) is 10.7 Å². The summed E-state index contributed by atoms with van der Waals surface area (Å²) in [7, 11) is -3.97. The summed E-state index contributed by atoms with van der Waals surface area (Å²) in [4.78, 5) is 20.8. The van der Waals surface area contributed by atoms with Crippen LogP contribution in [0, 0.1) is 12.7 Å². The Labute approximate surface area is 214 Å². The van der Waals surface area contributed by atoms with Crippen LogP contribution in [0.1, 0.15) is 28.8 Å². The smallest absolute Gasteiger partial charge is 0.245 e. The van der Waals surface area contributed by atoms with Gasteiger partial charge in [0.15, 0.2) is 0 Å². The molecule has 0 saturated heterocycles. The molecular formula is C27H26FN3O3S2. The molecule has 0 N–H and O–H groups in total. The number of rotatable bonds is 9. The first kappa shape index (κ1) is 24.5. The lowest BCUT2D eigenvalue weighted by molar-refractivity contribution is -0.132. The molecule has 186 valence electrons. The molecule has 6 nitrogen and oxygen atoms in total. The van der Waals surface area contributed by atoms with Gasteiger partial charge in [-0.05, 0) is 66.6 Å². The van der Waals surface area contributed by atoms with Crippen molar-refractivity contribution in [2.75, 3.05) is 6.54 Å². The van der Waals surface area contributed by atoms with Crippen molar-refractivity contribution in [2.45, 2.75) is 43.8 Å². The molecule has 9 heteroatoms. The van der Waals surface area contributed by atoms with Crippen LogP contribution in [-0.4, -0.2) is 41.1 Å². The van der Waals surface area contributed by atoms with E-state index in [0.29, 0.717) is 24.9 Å². The Morgan fingerprint density at radius 3 is 2.50 bits per heavy atom. The molecule has 1 aliphatic rings. The number of halogens is 1. The summed E-state index contributed by atoms with van der Waals surface area (Å²) in [6.45, 7) is 2.33. The molecule has 0 spiro atoms. The van der Waals surface area contributed by atoms with Crippen molar-refractivity contribution >= 4 is 38.2 Å². The summed E-state index contributed by atoms with van der Waals surface area (Å²) in [5, 5.41) is 2.70. The zero-order chi connectivity index (χ0) is 25.3. The normalized spacial score (nSPS) is 13.9. The Kier molecular flexibility index (Phi) is 6.87. The maximum absolute atomic E-state index is 13.8. The van der Waals surface area contributed by atoms with Crippen molar-refractivity contribution in [3.63, 3.8) is 0 Å². The van der Waals surface area contributed by atoms with Gasteiger partial charge in [0.25, 0.3) is 0 Å². The van der Waals surface area contributed by atoms with Crippen molar-refractivity contribution < 1.29 is 17.6 Å². The van der Waals surface area contributed by atoms with Crippen LogP contribution in [0.5, 0.6) is 0 Å². The van der Waals surface area contributed by atoms with Gasteiger partial charge in [0, 0.05) is 29.0 Å². The number of carbonyl (C=O) groups excluding carboxylic acids is 1. The van der Waals surface area contributed by atoms with E-state index in [4.69, 9.17) is 0 Å². The van der Waals surface area contributed by atoms with Crippen molar-refractivity contribution in [1.29, 1.82) is 0 Å². The van der Waals surface area contributed by atoms with E-state index >= 15 is 0 Å². The predicted molar refractivity (Wildman–Crippen MR) is 138 cm³/mol. The molecule has 2 aromatic carbocycles. The Morgan fingerprint density at radius 1 is 1.06 bits per heavy atom. The molecule has 2 heterocycles. The molecule has 36 heavy (non-hydrogen) atoms. The van der Waals surface area contributed by atoms with Crippen molar-refractivity contribution in [2.24, 2.45) is 0 Å². The third-order valence-corrected chi connectivity index (χ3v) is 9.31. The van der Waals surface area contributed by atoms with Crippen LogP contribution in [-0.2, 0) is 27.9 Å². The van der Waals surface area contributed by atoms with Crippen LogP contribution in [0.2, 0.25) is 0 Å². The molecular weight excluding hydrogens is 497 g/mol. The molecule has 4 aromatic rings. The zero-order valence-electron chi connectivity index (χ0n) is 19.8. The number of carbonyl (C=O) groups is 1. The van der Waals surface area contributed by atoms with E-state index in [2.05, 4.69) is 4.98 Å². The van der Waals surface area contributed by atoms with Gasteiger partial charge in [-0.25, -0.2) is 12.8 Å². The standard InChI is InChI=1S/C27H26FN3O3S2/c1-19-13-15-35-24(19)17-30(16-20-7-9-22(28)10-8-20)26(32)18-31(23-11-12-23)36(33,34)25-6-2-4-21-5-3-14-29-27(21)25/h2-10,13-15,23H,11-12,16-18H2,1H3. The number of aromatic nitrogens is 1. The fourth-order valence-electron chi connectivity index (χ4n) is 4.20. The summed E-state index contributed by atoms with van der Waals surface area (Å²) < 4.78 is 42.4. The average Bonchev–Trinajstić information content (AvgIpc) is 3.64. The fraction of sp³-hybridized carbons (Fsp3) is 0.259. The van der Waals surface area contributed by atoms with Gasteiger partial charge in [-0.1, -0.05) is 30.3 Å². The Morgan fingerprint density at radius 2 is 1.81 bits per heavy atom. The highest BCUT2D eigenvalue weighted by Crippen LogP contribution is 2.34. The summed E-state index contributed by atoms with van der Waals surface area (Å²) in [6.07, 6.45) is 3.00. The molecule has 2 aromatic heterocycles. The minimum atomic E-state index is -3.97. The third-order valence-electron chi connectivity index (χ3n) is 6.37. The SMILES string of the molecule is Cc1ccsc1CN(Cc1ccc(F)cc1)C(=O)CN(C1CC1)S(=O)(=O)c1cccc2cccnc12. The first-order valence-corrected chi connectivity index (χ1v) is 14.1. The maximum atomic E-state index is 13.8. The molecule has 0 radical (unpaired) electrons. The second-order valence-corrected chi connectivity index (χ2v) is 11.9. The summed E-state index contributed by atoms with van der Waals surface area (Å²) in [6, 6.07) is 16.5. The lowest BCUT2D eigenvalue weighted by Crippen LogP contribution is -2.43. The van der Waals surface area contributed by atoms with Crippen molar-refractivity contribution in [3.8, 4) is 0 Å². The van der Waals surface area contributed by atoms with Gasteiger partial charge >= 0.3 is 0 Å². The summed E-state index contributed by atoms with van der Waals surface area (Å²) >= 11 is 1.56. The van der Waals surface area contributed by atoms with E-state index in [1.807, 2.05) is 30.5 Å². The van der Waals surface area contributed by atoms with Crippen LogP contribution in [0.25, 0.3) is 10.9 Å². The van der Waals surface area contributed by atoms with Crippen molar-refractivity contribution in [3.05, 3.63) is 94.1 Å². The lowest BCUT2D eigenvalue weighted by atomic mass is 10.2. The van der Waals surface area contributed by atoms with Gasteiger partial charge in [-0.15, -0.1) is 11.3 Å². The zero-order valence-corrected chi connectivity index (χ0v) is 21.4. The minimum absolute atomic E-state index is 0.111. The summed E-state index contributed by atoms with van der Waals surface area (Å²) in [5.74, 6) is -0.642. The Bertz CT molecular complexity index is 1490. The third kappa shape index (κ3) is 5.18. The number of para-hydroxylation sites is 1. The monoisotopic (exact) mass is 523 g/mol. The predicted octanol–water partition coefficient (Wildman–Crippen LogP) is 5.13. The number of hydrogen-bond acceptors (Lipinski definition) is 5. The minimum Gasteiger partial charge on any atom is -0.332 e. The fourth-order valence-corrected chi connectivity index (χ4v) is 6.92. The molecule has 1 saturated carbocycles. The van der Waals surface area contributed by atoms with Gasteiger partial charge < -0.3 is 4.90 Å². The molecule has 1 fully saturated rings. The van der Waals surface area contributed by atoms with Gasteiger partial charge in [-0.3, -0.25) is 9.78 Å². The van der Waals surface area contributed by atoms with Gasteiger partial charge in [-0.2, -0.15) is 4.31 Å². The lowest BCUT2D eigenvalue weighted by Gasteiger charge is -2.27. The molecule has 0 atom stereocenters. The van der Waals surface area contributed by atoms with Gasteiger partial charge in [0.05, 0.1) is 18.6 Å². The highest BCUT2D eigenvalue weighted by Gasteiger charge is 2.40. The van der Waals surface area contributed by atoms with Crippen LogP contribution >= 0.6 is 11.3 Å². The molecule has 0 bridgehead atoms. The Balaban J connectivity index is 1.45. The number of aryl methyl sites for hydroxylation is 1. The van der Waals surface area contributed by atoms with E-state index in [1.165, 1.54) is 16.4 Å². The number of sulfonamides is 1. The first-order chi connectivity index (χ1) is 17.3. The quantitative estimate of drug-likeness (QED) is 0.305. The number of nitrogens with zero attached hydrogens (tertiary/aromatic N) is 3. The van der Waals surface area contributed by atoms with Crippen LogP contribution in [0.3, 0.4) is 0 Å². The Hall–Kier alpha value is -3.14. The van der Waals surface area contributed by atoms with Crippen LogP contribution in [0.4, 0.5) is 4.39 Å². The van der Waals surface area contributed by atoms with E-state index in [1.54, 1.807) is 52.8 Å². The number of amides is 1. The van der Waals surface area contributed by atoms with E-state index in [0.717, 1.165) is 21.4 Å². The highest BCUT2D eigenvalue weighted by molar-refractivity contribution is 7.89. The maximum Gasteiger partial charge on any atom is 0.245 e. The van der Waals surface area contributed by atoms with E-state index < -0.39 is 10.0 Å². The second kappa shape index (κ2) is 10.1. The van der Waals surface area contributed by atoms with Crippen LogP contribution in [0.15, 0.2) is 77.1 Å². The average molecular weight is 524 g/mol. The largest absolute Gasteiger partial charge is 0.332 e. The van der Waals surface area contributed by atoms with E-state index in [-0.39, 0.29) is 35.8 Å². The molecule has 0 aliphatic heterocycles. The number of hydrogen-bond donors (Lipinski definition) is 0. The second-order valence-electron chi connectivity index (χ2n) is 9.02. The van der Waals surface area contributed by atoms with Crippen molar-refractivity contribution in [1.82, 2.24) is 14.2 Å². The highest BCUT2D eigenvalue weighted by atomic mass is 32.2. The number of pyridine rings is 1. The molecule has 1 aliphatic carbocycles. The van der Waals surface area contributed by atoms with E-state index in [9.17, 15) is 17.6 Å². The molecule has 0 unspecified atom stereocenters. The molecule has 5 rings (SSSR count). The first-order valence-electron chi connectivity index (χ1n) is 11.7.